The number of rotatable bonds is 3. The Morgan fingerprint density at radius 2 is 1.91 bits per heavy atom. The van der Waals surface area contributed by atoms with Gasteiger partial charge in [0.15, 0.2) is 0 Å². The molecule has 0 radical (unpaired) electrons. The third-order valence-corrected chi connectivity index (χ3v) is 5.13. The molecule has 2 heterocycles. The van der Waals surface area contributed by atoms with Crippen LogP contribution in [0.2, 0.25) is 0 Å². The first-order valence-electron chi connectivity index (χ1n) is 8.33. The van der Waals surface area contributed by atoms with Crippen LogP contribution in [0.15, 0.2) is 30.3 Å². The van der Waals surface area contributed by atoms with Gasteiger partial charge in [0.05, 0.1) is 6.04 Å². The molecule has 1 aromatic rings. The first-order chi connectivity index (χ1) is 10.3. The molecule has 0 spiro atoms. The Morgan fingerprint density at radius 3 is 2.55 bits per heavy atom. The average Bonchev–Trinajstić information content (AvgIpc) is 2.71. The predicted molar refractivity (Wildman–Crippen MR) is 92.1 cm³/mol. The van der Waals surface area contributed by atoms with Crippen molar-refractivity contribution in [1.29, 1.82) is 0 Å². The van der Waals surface area contributed by atoms with E-state index in [1.54, 1.807) is 0 Å². The summed E-state index contributed by atoms with van der Waals surface area (Å²) in [5.74, 6) is 1.03. The summed E-state index contributed by atoms with van der Waals surface area (Å²) >= 11 is 0. The third-order valence-electron chi connectivity index (χ3n) is 5.13. The number of hydrogen-bond donors (Lipinski definition) is 1. The Balaban J connectivity index is 0.00000176. The van der Waals surface area contributed by atoms with Gasteiger partial charge in [-0.2, -0.15) is 0 Å². The Bertz CT molecular complexity index is 475. The van der Waals surface area contributed by atoms with Gasteiger partial charge in [0, 0.05) is 12.5 Å². The Hall–Kier alpha value is -1.06. The zero-order valence-corrected chi connectivity index (χ0v) is 14.1. The van der Waals surface area contributed by atoms with Gasteiger partial charge >= 0.3 is 0 Å². The fraction of sp³-hybridized carbons (Fsp3) is 0.611. The molecule has 1 aromatic carbocycles. The summed E-state index contributed by atoms with van der Waals surface area (Å²) in [6.07, 6.45) is 4.71. The van der Waals surface area contributed by atoms with Crippen LogP contribution in [-0.4, -0.2) is 30.4 Å². The highest BCUT2D eigenvalue weighted by atomic mass is 35.5. The molecule has 4 heteroatoms. The van der Waals surface area contributed by atoms with Crippen LogP contribution in [0.25, 0.3) is 0 Å². The number of carbonyl (C=O) groups is 1. The largest absolute Gasteiger partial charge is 0.335 e. The Labute approximate surface area is 139 Å². The zero-order chi connectivity index (χ0) is 14.7. The van der Waals surface area contributed by atoms with Crippen molar-refractivity contribution in [2.24, 2.45) is 11.8 Å². The molecule has 2 fully saturated rings. The summed E-state index contributed by atoms with van der Waals surface area (Å²) in [5, 5.41) is 3.28. The van der Waals surface area contributed by atoms with Gasteiger partial charge in [-0.05, 0) is 37.4 Å². The summed E-state index contributed by atoms with van der Waals surface area (Å²) in [5.41, 5.74) is 1.30. The monoisotopic (exact) mass is 322 g/mol. The minimum absolute atomic E-state index is 0. The van der Waals surface area contributed by atoms with Crippen molar-refractivity contribution in [2.45, 2.75) is 38.6 Å². The lowest BCUT2D eigenvalue weighted by Crippen LogP contribution is -2.51. The van der Waals surface area contributed by atoms with E-state index >= 15 is 0 Å². The van der Waals surface area contributed by atoms with Gasteiger partial charge in [-0.3, -0.25) is 4.79 Å². The standard InChI is InChI=1S/C18H26N2O.ClH/c1-14(16-12-19-13-16)18(21)20-11-7-3-6-10-17(20)15-8-4-2-5-9-15;/h2,4-5,8-9,14,16-17,19H,3,6-7,10-13H2,1H3;1H. The summed E-state index contributed by atoms with van der Waals surface area (Å²) in [4.78, 5) is 15.1. The summed E-state index contributed by atoms with van der Waals surface area (Å²) in [7, 11) is 0. The van der Waals surface area contributed by atoms with E-state index in [4.69, 9.17) is 0 Å². The second-order valence-corrected chi connectivity index (χ2v) is 6.51. The maximum atomic E-state index is 13.0. The van der Waals surface area contributed by atoms with Crippen LogP contribution in [-0.2, 0) is 4.79 Å². The fourth-order valence-corrected chi connectivity index (χ4v) is 3.52. The average molecular weight is 323 g/mol. The number of halogens is 1. The number of hydrogen-bond acceptors (Lipinski definition) is 2. The molecule has 3 nitrogen and oxygen atoms in total. The SMILES string of the molecule is CC(C(=O)N1CCCCCC1c1ccccc1)C1CNC1.Cl. The molecule has 1 N–H and O–H groups in total. The molecule has 2 saturated heterocycles. The van der Waals surface area contributed by atoms with Crippen LogP contribution in [0.3, 0.4) is 0 Å². The molecule has 122 valence electrons. The molecule has 0 aliphatic carbocycles. The first kappa shape index (κ1) is 17.3. The number of nitrogens with one attached hydrogen (secondary N) is 1. The van der Waals surface area contributed by atoms with Crippen LogP contribution < -0.4 is 5.32 Å². The van der Waals surface area contributed by atoms with E-state index in [0.717, 1.165) is 32.5 Å². The fourth-order valence-electron chi connectivity index (χ4n) is 3.52. The highest BCUT2D eigenvalue weighted by Gasteiger charge is 2.35. The molecular weight excluding hydrogens is 296 g/mol. The van der Waals surface area contributed by atoms with Crippen molar-refractivity contribution in [3.05, 3.63) is 35.9 Å². The lowest BCUT2D eigenvalue weighted by molar-refractivity contribution is -0.140. The van der Waals surface area contributed by atoms with Gasteiger partial charge in [-0.25, -0.2) is 0 Å². The van der Waals surface area contributed by atoms with Crippen LogP contribution >= 0.6 is 12.4 Å². The third kappa shape index (κ3) is 3.64. The van der Waals surface area contributed by atoms with Gasteiger partial charge in [-0.15, -0.1) is 12.4 Å². The van der Waals surface area contributed by atoms with Crippen molar-refractivity contribution in [1.82, 2.24) is 10.2 Å². The summed E-state index contributed by atoms with van der Waals surface area (Å²) < 4.78 is 0. The molecular formula is C18H27ClN2O. The first-order valence-corrected chi connectivity index (χ1v) is 8.33. The smallest absolute Gasteiger partial charge is 0.226 e. The number of benzene rings is 1. The highest BCUT2D eigenvalue weighted by Crippen LogP contribution is 2.32. The van der Waals surface area contributed by atoms with Crippen molar-refractivity contribution < 1.29 is 4.79 Å². The second kappa shape index (κ2) is 7.98. The summed E-state index contributed by atoms with van der Waals surface area (Å²) in [6.45, 7) is 5.02. The normalized spacial score (nSPS) is 23.9. The predicted octanol–water partition coefficient (Wildman–Crippen LogP) is 3.41. The van der Waals surface area contributed by atoms with Crippen molar-refractivity contribution in [3.63, 3.8) is 0 Å². The molecule has 2 aliphatic heterocycles. The van der Waals surface area contributed by atoms with E-state index in [-0.39, 0.29) is 24.4 Å². The van der Waals surface area contributed by atoms with Gasteiger partial charge < -0.3 is 10.2 Å². The molecule has 0 saturated carbocycles. The van der Waals surface area contributed by atoms with Crippen molar-refractivity contribution in [2.75, 3.05) is 19.6 Å². The number of nitrogens with zero attached hydrogens (tertiary/aromatic N) is 1. The molecule has 0 aromatic heterocycles. The van der Waals surface area contributed by atoms with Crippen LogP contribution in [0, 0.1) is 11.8 Å². The second-order valence-electron chi connectivity index (χ2n) is 6.51. The highest BCUT2D eigenvalue weighted by molar-refractivity contribution is 5.85. The van der Waals surface area contributed by atoms with Gasteiger partial charge in [0.2, 0.25) is 5.91 Å². The molecule has 2 unspecified atom stereocenters. The minimum Gasteiger partial charge on any atom is -0.335 e. The minimum atomic E-state index is 0. The maximum absolute atomic E-state index is 13.0. The molecule has 1 amide bonds. The van der Waals surface area contributed by atoms with Crippen molar-refractivity contribution >= 4 is 18.3 Å². The Morgan fingerprint density at radius 1 is 1.18 bits per heavy atom. The zero-order valence-electron chi connectivity index (χ0n) is 13.3. The lowest BCUT2D eigenvalue weighted by Gasteiger charge is -2.38. The molecule has 2 atom stereocenters. The quantitative estimate of drug-likeness (QED) is 0.925. The van der Waals surface area contributed by atoms with Gasteiger partial charge in [-0.1, -0.05) is 50.1 Å². The summed E-state index contributed by atoms with van der Waals surface area (Å²) in [6, 6.07) is 10.8. The van der Waals surface area contributed by atoms with E-state index in [1.165, 1.54) is 18.4 Å². The lowest BCUT2D eigenvalue weighted by atomic mass is 9.87. The van der Waals surface area contributed by atoms with E-state index in [1.807, 2.05) is 0 Å². The molecule has 0 bridgehead atoms. The number of carbonyl (C=O) groups excluding carboxylic acids is 1. The maximum Gasteiger partial charge on any atom is 0.226 e. The topological polar surface area (TPSA) is 32.3 Å². The van der Waals surface area contributed by atoms with Crippen LogP contribution in [0.5, 0.6) is 0 Å². The van der Waals surface area contributed by atoms with E-state index in [9.17, 15) is 4.79 Å². The molecule has 2 aliphatic rings. The van der Waals surface area contributed by atoms with Crippen LogP contribution in [0.1, 0.15) is 44.2 Å². The van der Waals surface area contributed by atoms with Gasteiger partial charge in [0.25, 0.3) is 0 Å². The van der Waals surface area contributed by atoms with Gasteiger partial charge in [0.1, 0.15) is 0 Å². The van der Waals surface area contributed by atoms with Crippen LogP contribution in [0.4, 0.5) is 0 Å². The molecule has 22 heavy (non-hydrogen) atoms. The number of likely N-dealkylation sites (tertiary alicyclic amines) is 1. The van der Waals surface area contributed by atoms with E-state index < -0.39 is 0 Å². The van der Waals surface area contributed by atoms with Crippen molar-refractivity contribution in [3.8, 4) is 0 Å². The van der Waals surface area contributed by atoms with E-state index in [2.05, 4.69) is 47.5 Å². The van der Waals surface area contributed by atoms with E-state index in [0.29, 0.717) is 11.8 Å². The Kier molecular flexibility index (Phi) is 6.27. The molecule has 3 rings (SSSR count). The number of amides is 1.